The zero-order valence-corrected chi connectivity index (χ0v) is 23.3. The topological polar surface area (TPSA) is 125 Å². The van der Waals surface area contributed by atoms with Crippen LogP contribution in [0.5, 0.6) is 0 Å². The van der Waals surface area contributed by atoms with Crippen molar-refractivity contribution in [3.63, 3.8) is 0 Å². The van der Waals surface area contributed by atoms with Crippen molar-refractivity contribution in [3.8, 4) is 0 Å². The Morgan fingerprint density at radius 2 is 1.85 bits per heavy atom. The molecule has 2 aromatic heterocycles. The molecule has 0 aliphatic carbocycles. The molecule has 12 heteroatoms. The number of hydrogen-bond acceptors (Lipinski definition) is 8. The fourth-order valence-corrected chi connectivity index (χ4v) is 7.85. The van der Waals surface area contributed by atoms with E-state index >= 15 is 0 Å². The Balaban J connectivity index is 1.03. The molecule has 0 radical (unpaired) electrons. The van der Waals surface area contributed by atoms with Crippen LogP contribution < -0.4 is 19.8 Å². The lowest BCUT2D eigenvalue weighted by Crippen LogP contribution is -2.42. The largest absolute Gasteiger partial charge is 0.423 e. The molecule has 0 atom stereocenters. The van der Waals surface area contributed by atoms with Crippen LogP contribution in [0.25, 0.3) is 11.1 Å². The Morgan fingerprint density at radius 3 is 2.62 bits per heavy atom. The highest BCUT2D eigenvalue weighted by Gasteiger charge is 2.30. The SMILES string of the molecule is O=C(NCC1CCN(c2nc3ccccc3o2)CC1)C(=O)Nc1ccc2c(c1)N(S(=O)(=O)c1cccs1)CCC2. The van der Waals surface area contributed by atoms with Crippen molar-refractivity contribution < 1.29 is 22.4 Å². The Morgan fingerprint density at radius 1 is 1.02 bits per heavy atom. The molecular weight excluding hydrogens is 550 g/mol. The van der Waals surface area contributed by atoms with Crippen LogP contribution in [0.2, 0.25) is 0 Å². The molecule has 0 saturated carbocycles. The molecule has 2 aromatic carbocycles. The van der Waals surface area contributed by atoms with Crippen LogP contribution in [0.1, 0.15) is 24.8 Å². The first-order valence-electron chi connectivity index (χ1n) is 13.3. The Hall–Kier alpha value is -3.90. The maximum atomic E-state index is 13.2. The zero-order valence-electron chi connectivity index (χ0n) is 21.7. The molecule has 0 unspecified atom stereocenters. The van der Waals surface area contributed by atoms with E-state index in [1.54, 1.807) is 29.6 Å². The van der Waals surface area contributed by atoms with Crippen molar-refractivity contribution in [1.29, 1.82) is 0 Å². The molecule has 2 N–H and O–H groups in total. The van der Waals surface area contributed by atoms with Crippen LogP contribution in [-0.2, 0) is 26.0 Å². The van der Waals surface area contributed by atoms with Gasteiger partial charge in [-0.05, 0) is 72.9 Å². The number of nitrogens with zero attached hydrogens (tertiary/aromatic N) is 3. The van der Waals surface area contributed by atoms with Gasteiger partial charge in [-0.1, -0.05) is 24.3 Å². The number of fused-ring (bicyclic) bond motifs is 2. The second-order valence-electron chi connectivity index (χ2n) is 10.0. The molecule has 2 aliphatic rings. The van der Waals surface area contributed by atoms with E-state index in [9.17, 15) is 18.0 Å². The van der Waals surface area contributed by atoms with Gasteiger partial charge in [-0.25, -0.2) is 8.42 Å². The van der Waals surface area contributed by atoms with Crippen LogP contribution >= 0.6 is 11.3 Å². The van der Waals surface area contributed by atoms with E-state index < -0.39 is 21.8 Å². The molecule has 4 aromatic rings. The molecule has 40 heavy (non-hydrogen) atoms. The van der Waals surface area contributed by atoms with Gasteiger partial charge >= 0.3 is 11.8 Å². The van der Waals surface area contributed by atoms with Crippen molar-refractivity contribution in [1.82, 2.24) is 10.3 Å². The third-order valence-corrected chi connectivity index (χ3v) is 10.6. The summed E-state index contributed by atoms with van der Waals surface area (Å²) in [5.41, 5.74) is 3.38. The average molecular weight is 580 g/mol. The first-order valence-corrected chi connectivity index (χ1v) is 15.6. The van der Waals surface area contributed by atoms with Gasteiger partial charge in [0.1, 0.15) is 9.73 Å². The molecule has 0 spiro atoms. The second kappa shape index (κ2) is 10.9. The summed E-state index contributed by atoms with van der Waals surface area (Å²) < 4.78 is 33.9. The summed E-state index contributed by atoms with van der Waals surface area (Å²) in [5.74, 6) is -1.27. The lowest BCUT2D eigenvalue weighted by molar-refractivity contribution is -0.136. The van der Waals surface area contributed by atoms with Gasteiger partial charge in [-0.2, -0.15) is 4.98 Å². The number of para-hydroxylation sites is 2. The minimum atomic E-state index is -3.70. The summed E-state index contributed by atoms with van der Waals surface area (Å²) in [7, 11) is -3.70. The number of aromatic nitrogens is 1. The van der Waals surface area contributed by atoms with Crippen LogP contribution in [0.15, 0.2) is 68.6 Å². The Bertz CT molecular complexity index is 1610. The van der Waals surface area contributed by atoms with Gasteiger partial charge in [0.05, 0.1) is 5.69 Å². The maximum Gasteiger partial charge on any atom is 0.313 e. The highest BCUT2D eigenvalue weighted by molar-refractivity contribution is 7.94. The zero-order chi connectivity index (χ0) is 27.7. The summed E-state index contributed by atoms with van der Waals surface area (Å²) in [6, 6.07) is 16.7. The minimum absolute atomic E-state index is 0.233. The summed E-state index contributed by atoms with van der Waals surface area (Å²) >= 11 is 1.17. The maximum absolute atomic E-state index is 13.2. The van der Waals surface area contributed by atoms with Crippen LogP contribution in [-0.4, -0.2) is 51.4 Å². The molecule has 0 bridgehead atoms. The smallest absolute Gasteiger partial charge is 0.313 e. The molecule has 2 aliphatic heterocycles. The number of carbonyl (C=O) groups excluding carboxylic acids is 2. The highest BCUT2D eigenvalue weighted by Crippen LogP contribution is 2.35. The number of thiophene rings is 1. The van der Waals surface area contributed by atoms with Gasteiger partial charge < -0.3 is 20.0 Å². The number of benzene rings is 2. The minimum Gasteiger partial charge on any atom is -0.423 e. The lowest BCUT2D eigenvalue weighted by atomic mass is 9.97. The lowest BCUT2D eigenvalue weighted by Gasteiger charge is -2.31. The van der Waals surface area contributed by atoms with Crippen molar-refractivity contribution in [2.24, 2.45) is 5.92 Å². The van der Waals surface area contributed by atoms with Gasteiger partial charge in [0, 0.05) is 31.9 Å². The summed E-state index contributed by atoms with van der Waals surface area (Å²) in [6.07, 6.45) is 3.12. The average Bonchev–Trinajstić information content (AvgIpc) is 3.67. The number of amides is 2. The van der Waals surface area contributed by atoms with Gasteiger partial charge in [0.2, 0.25) is 0 Å². The van der Waals surface area contributed by atoms with Gasteiger partial charge in [0.15, 0.2) is 5.58 Å². The van der Waals surface area contributed by atoms with Gasteiger partial charge in [0.25, 0.3) is 16.0 Å². The predicted molar refractivity (Wildman–Crippen MR) is 154 cm³/mol. The van der Waals surface area contributed by atoms with E-state index in [1.165, 1.54) is 15.6 Å². The molecule has 4 heterocycles. The van der Waals surface area contributed by atoms with Crippen molar-refractivity contribution in [2.45, 2.75) is 29.9 Å². The fraction of sp³-hybridized carbons (Fsp3) is 0.321. The molecule has 6 rings (SSSR count). The summed E-state index contributed by atoms with van der Waals surface area (Å²) in [5, 5.41) is 7.11. The third kappa shape index (κ3) is 5.28. The number of sulfonamides is 1. The molecule has 2 amide bonds. The molecule has 208 valence electrons. The monoisotopic (exact) mass is 579 g/mol. The molecule has 1 saturated heterocycles. The number of piperidine rings is 1. The summed E-state index contributed by atoms with van der Waals surface area (Å²) in [6.45, 7) is 2.25. The second-order valence-corrected chi connectivity index (χ2v) is 13.1. The van der Waals surface area contributed by atoms with Gasteiger partial charge in [-0.15, -0.1) is 11.3 Å². The highest BCUT2D eigenvalue weighted by atomic mass is 32.2. The van der Waals surface area contributed by atoms with E-state index in [0.29, 0.717) is 36.9 Å². The van der Waals surface area contributed by atoms with Crippen LogP contribution in [0, 0.1) is 5.92 Å². The Kier molecular flexibility index (Phi) is 7.20. The molecule has 10 nitrogen and oxygen atoms in total. The number of oxazole rings is 1. The predicted octanol–water partition coefficient (Wildman–Crippen LogP) is 4.00. The van der Waals surface area contributed by atoms with E-state index in [-0.39, 0.29) is 10.1 Å². The molecule has 1 fully saturated rings. The first-order chi connectivity index (χ1) is 19.4. The van der Waals surface area contributed by atoms with Crippen molar-refractivity contribution >= 4 is 61.7 Å². The van der Waals surface area contributed by atoms with E-state index in [1.807, 2.05) is 30.3 Å². The standard InChI is InChI=1S/C28H29N5O5S2/c34-26(29-18-19-11-14-32(15-12-19)28-31-22-6-1-2-7-24(22)38-28)27(35)30-21-10-9-20-5-3-13-33(23(20)17-21)40(36,37)25-8-4-16-39-25/h1-2,4,6-10,16-17,19H,3,5,11-15,18H2,(H,29,34)(H,30,35). The normalized spacial score (nSPS) is 16.1. The van der Waals surface area contributed by atoms with Crippen molar-refractivity contribution in [3.05, 3.63) is 65.5 Å². The van der Waals surface area contributed by atoms with Crippen LogP contribution in [0.3, 0.4) is 0 Å². The van der Waals surface area contributed by atoms with Crippen LogP contribution in [0.4, 0.5) is 17.4 Å². The number of nitrogens with one attached hydrogen (secondary N) is 2. The number of rotatable bonds is 6. The number of hydrogen-bond donors (Lipinski definition) is 2. The van der Waals surface area contributed by atoms with E-state index in [0.717, 1.165) is 49.0 Å². The summed E-state index contributed by atoms with van der Waals surface area (Å²) in [4.78, 5) is 31.9. The number of anilines is 3. The first kappa shape index (κ1) is 26.3. The van der Waals surface area contributed by atoms with Crippen molar-refractivity contribution in [2.75, 3.05) is 40.7 Å². The third-order valence-electron chi connectivity index (χ3n) is 7.38. The number of aryl methyl sites for hydroxylation is 1. The fourth-order valence-electron chi connectivity index (χ4n) is 5.22. The Labute approximate surface area is 236 Å². The van der Waals surface area contributed by atoms with E-state index in [4.69, 9.17) is 4.42 Å². The van der Waals surface area contributed by atoms with Gasteiger partial charge in [-0.3, -0.25) is 13.9 Å². The molecular formula is C28H29N5O5S2. The van der Waals surface area contributed by atoms with E-state index in [2.05, 4.69) is 20.5 Å². The quantitative estimate of drug-likeness (QED) is 0.331. The number of carbonyl (C=O) groups is 2.